The highest BCUT2D eigenvalue weighted by atomic mass is 16.6. The molecular formula is C11H13NO3. The number of hydroxylamine groups is 1. The van der Waals surface area contributed by atoms with E-state index in [1.807, 2.05) is 24.3 Å². The number of hydrogen-bond acceptors (Lipinski definition) is 3. The molecule has 0 saturated carbocycles. The van der Waals surface area contributed by atoms with Gasteiger partial charge in [0.2, 0.25) is 5.91 Å². The van der Waals surface area contributed by atoms with Crippen LogP contribution in [0.15, 0.2) is 24.3 Å². The second-order valence-electron chi connectivity index (χ2n) is 3.49. The number of amides is 1. The van der Waals surface area contributed by atoms with Crippen LogP contribution in [0.4, 0.5) is 0 Å². The molecule has 1 aromatic rings. The molecule has 0 spiro atoms. The van der Waals surface area contributed by atoms with Crippen molar-refractivity contribution < 1.29 is 14.4 Å². The number of rotatable bonds is 2. The molecule has 0 aromatic heterocycles. The summed E-state index contributed by atoms with van der Waals surface area (Å²) < 4.78 is 5.49. The second-order valence-corrected chi connectivity index (χ2v) is 3.49. The van der Waals surface area contributed by atoms with Crippen LogP contribution >= 0.6 is 0 Å². The van der Waals surface area contributed by atoms with Gasteiger partial charge < -0.3 is 4.74 Å². The van der Waals surface area contributed by atoms with Gasteiger partial charge in [0.05, 0.1) is 13.0 Å². The lowest BCUT2D eigenvalue weighted by Gasteiger charge is -2.23. The fourth-order valence-electron chi connectivity index (χ4n) is 1.68. The van der Waals surface area contributed by atoms with Gasteiger partial charge in [-0.15, -0.1) is 0 Å². The van der Waals surface area contributed by atoms with E-state index in [9.17, 15) is 4.79 Å². The summed E-state index contributed by atoms with van der Waals surface area (Å²) >= 11 is 0. The van der Waals surface area contributed by atoms with Crippen molar-refractivity contribution in [2.24, 2.45) is 5.92 Å². The first-order valence-corrected chi connectivity index (χ1v) is 4.85. The van der Waals surface area contributed by atoms with E-state index in [0.717, 1.165) is 11.3 Å². The van der Waals surface area contributed by atoms with E-state index in [-0.39, 0.29) is 11.8 Å². The number of carbonyl (C=O) groups excluding carboxylic acids is 1. The average Bonchev–Trinajstić information content (AvgIpc) is 2.29. The maximum atomic E-state index is 11.5. The lowest BCUT2D eigenvalue weighted by atomic mass is 9.96. The van der Waals surface area contributed by atoms with Crippen LogP contribution in [-0.2, 0) is 16.1 Å². The normalized spacial score (nSPS) is 18.9. The van der Waals surface area contributed by atoms with E-state index in [1.54, 1.807) is 0 Å². The Kier molecular flexibility index (Phi) is 2.87. The van der Waals surface area contributed by atoms with Gasteiger partial charge in [-0.2, -0.15) is 0 Å². The maximum absolute atomic E-state index is 11.5. The minimum atomic E-state index is -0.167. The van der Waals surface area contributed by atoms with Gasteiger partial charge in [0.25, 0.3) is 0 Å². The first-order chi connectivity index (χ1) is 7.31. The third-order valence-electron chi connectivity index (χ3n) is 2.45. The first kappa shape index (κ1) is 9.98. The summed E-state index contributed by atoms with van der Waals surface area (Å²) in [4.78, 5) is 16.1. The molecule has 0 fully saturated rings. The summed E-state index contributed by atoms with van der Waals surface area (Å²) in [6, 6.07) is 7.76. The Morgan fingerprint density at radius 3 is 3.13 bits per heavy atom. The van der Waals surface area contributed by atoms with Crippen LogP contribution in [0.5, 0.6) is 5.75 Å². The molecule has 1 aliphatic rings. The van der Waals surface area contributed by atoms with Crippen LogP contribution in [0.2, 0.25) is 0 Å². The zero-order valence-electron chi connectivity index (χ0n) is 8.53. The van der Waals surface area contributed by atoms with Crippen LogP contribution in [0.25, 0.3) is 0 Å². The molecule has 4 nitrogen and oxygen atoms in total. The molecule has 0 radical (unpaired) electrons. The van der Waals surface area contributed by atoms with Crippen LogP contribution in [0, 0.1) is 5.92 Å². The van der Waals surface area contributed by atoms with Crippen molar-refractivity contribution in [3.63, 3.8) is 0 Å². The van der Waals surface area contributed by atoms with E-state index in [1.165, 1.54) is 7.11 Å². The lowest BCUT2D eigenvalue weighted by molar-refractivity contribution is -0.136. The topological polar surface area (TPSA) is 47.6 Å². The number of benzene rings is 1. The second kappa shape index (κ2) is 4.31. The van der Waals surface area contributed by atoms with Crippen LogP contribution in [0.3, 0.4) is 0 Å². The SMILES string of the molecule is CONC(=O)C1COc2ccccc2C1. The Labute approximate surface area is 88.1 Å². The third-order valence-corrected chi connectivity index (χ3v) is 2.45. The van der Waals surface area contributed by atoms with E-state index < -0.39 is 0 Å². The Balaban J connectivity index is 2.08. The van der Waals surface area contributed by atoms with E-state index >= 15 is 0 Å². The van der Waals surface area contributed by atoms with Crippen LogP contribution < -0.4 is 10.2 Å². The Morgan fingerprint density at radius 1 is 1.53 bits per heavy atom. The van der Waals surface area contributed by atoms with Crippen molar-refractivity contribution >= 4 is 5.91 Å². The molecule has 80 valence electrons. The molecule has 4 heteroatoms. The first-order valence-electron chi connectivity index (χ1n) is 4.85. The molecule has 0 bridgehead atoms. The van der Waals surface area contributed by atoms with E-state index in [4.69, 9.17) is 4.74 Å². The predicted octanol–water partition coefficient (Wildman–Crippen LogP) is 0.915. The van der Waals surface area contributed by atoms with Crippen molar-refractivity contribution in [1.29, 1.82) is 0 Å². The number of nitrogens with one attached hydrogen (secondary N) is 1. The summed E-state index contributed by atoms with van der Waals surface area (Å²) in [5, 5.41) is 0. The Hall–Kier alpha value is -1.55. The summed E-state index contributed by atoms with van der Waals surface area (Å²) in [5.74, 6) is 0.575. The average molecular weight is 207 g/mol. The molecule has 1 heterocycles. The fourth-order valence-corrected chi connectivity index (χ4v) is 1.68. The standard InChI is InChI=1S/C11H13NO3/c1-14-12-11(13)9-6-8-4-2-3-5-10(8)15-7-9/h2-5,9H,6-7H2,1H3,(H,12,13). The van der Waals surface area contributed by atoms with E-state index in [0.29, 0.717) is 13.0 Å². The predicted molar refractivity (Wildman–Crippen MR) is 54.3 cm³/mol. The molecule has 1 amide bonds. The Bertz CT molecular complexity index is 365. The molecule has 1 unspecified atom stereocenters. The van der Waals surface area contributed by atoms with Gasteiger partial charge in [0.15, 0.2) is 0 Å². The summed E-state index contributed by atoms with van der Waals surface area (Å²) in [7, 11) is 1.43. The summed E-state index contributed by atoms with van der Waals surface area (Å²) in [5.41, 5.74) is 3.40. The molecule has 15 heavy (non-hydrogen) atoms. The van der Waals surface area contributed by atoms with Crippen LogP contribution in [-0.4, -0.2) is 19.6 Å². The monoisotopic (exact) mass is 207 g/mol. The van der Waals surface area contributed by atoms with Crippen molar-refractivity contribution in [2.45, 2.75) is 6.42 Å². The quantitative estimate of drug-likeness (QED) is 0.733. The maximum Gasteiger partial charge on any atom is 0.250 e. The van der Waals surface area contributed by atoms with Crippen molar-refractivity contribution in [1.82, 2.24) is 5.48 Å². The van der Waals surface area contributed by atoms with Crippen molar-refractivity contribution in [2.75, 3.05) is 13.7 Å². The Morgan fingerprint density at radius 2 is 2.33 bits per heavy atom. The van der Waals surface area contributed by atoms with Gasteiger partial charge >= 0.3 is 0 Å². The highest BCUT2D eigenvalue weighted by Crippen LogP contribution is 2.26. The number of ether oxygens (including phenoxy) is 1. The summed E-state index contributed by atoms with van der Waals surface area (Å²) in [6.07, 6.45) is 0.700. The number of carbonyl (C=O) groups is 1. The van der Waals surface area contributed by atoms with Gasteiger partial charge in [-0.25, -0.2) is 5.48 Å². The molecule has 1 aliphatic heterocycles. The van der Waals surface area contributed by atoms with Gasteiger partial charge in [-0.05, 0) is 18.1 Å². The van der Waals surface area contributed by atoms with Gasteiger partial charge in [0, 0.05) is 0 Å². The molecule has 0 saturated heterocycles. The lowest BCUT2D eigenvalue weighted by Crippen LogP contribution is -2.36. The smallest absolute Gasteiger partial charge is 0.250 e. The molecule has 1 aromatic carbocycles. The number of hydrogen-bond donors (Lipinski definition) is 1. The highest BCUT2D eigenvalue weighted by molar-refractivity contribution is 5.78. The minimum Gasteiger partial charge on any atom is -0.492 e. The number of fused-ring (bicyclic) bond motifs is 1. The zero-order chi connectivity index (χ0) is 10.7. The van der Waals surface area contributed by atoms with Gasteiger partial charge in [0.1, 0.15) is 12.4 Å². The zero-order valence-corrected chi connectivity index (χ0v) is 8.53. The van der Waals surface area contributed by atoms with Gasteiger partial charge in [-0.1, -0.05) is 18.2 Å². The molecular weight excluding hydrogens is 194 g/mol. The molecule has 2 rings (SSSR count). The van der Waals surface area contributed by atoms with Crippen LogP contribution in [0.1, 0.15) is 5.56 Å². The molecule has 1 N–H and O–H groups in total. The minimum absolute atomic E-state index is 0.132. The third kappa shape index (κ3) is 2.10. The molecule has 1 atom stereocenters. The van der Waals surface area contributed by atoms with E-state index in [2.05, 4.69) is 10.3 Å². The summed E-state index contributed by atoms with van der Waals surface area (Å²) in [6.45, 7) is 0.409. The molecule has 0 aliphatic carbocycles. The van der Waals surface area contributed by atoms with Crippen molar-refractivity contribution in [3.8, 4) is 5.75 Å². The highest BCUT2D eigenvalue weighted by Gasteiger charge is 2.25. The fraction of sp³-hybridized carbons (Fsp3) is 0.364. The number of para-hydroxylation sites is 1. The van der Waals surface area contributed by atoms with Gasteiger partial charge in [-0.3, -0.25) is 9.63 Å². The van der Waals surface area contributed by atoms with Crippen molar-refractivity contribution in [3.05, 3.63) is 29.8 Å². The largest absolute Gasteiger partial charge is 0.492 e.